The summed E-state index contributed by atoms with van der Waals surface area (Å²) < 4.78 is 2.15. The molecule has 0 fully saturated rings. The summed E-state index contributed by atoms with van der Waals surface area (Å²) in [4.78, 5) is 0. The molecule has 0 aromatic rings. The highest BCUT2D eigenvalue weighted by molar-refractivity contribution is 7.90. The zero-order valence-electron chi connectivity index (χ0n) is 8.19. The van der Waals surface area contributed by atoms with Gasteiger partial charge in [0.1, 0.15) is 0 Å². The van der Waals surface area contributed by atoms with E-state index < -0.39 is 13.3 Å². The lowest BCUT2D eigenvalue weighted by Gasteiger charge is -2.35. The monoisotopic (exact) mass is 297 g/mol. The van der Waals surface area contributed by atoms with Gasteiger partial charge in [-0.2, -0.15) is 0 Å². The topological polar surface area (TPSA) is 3.24 Å². The van der Waals surface area contributed by atoms with E-state index in [1.807, 2.05) is 0 Å². The van der Waals surface area contributed by atoms with Gasteiger partial charge in [-0.3, -0.25) is 0 Å². The van der Waals surface area contributed by atoms with Gasteiger partial charge in [0.25, 0.3) is 7.79 Å². The SMILES string of the molecule is CC(C)N(C(C)C)[SiH](Cl)[Si](Cl)(Cl)Cl. The Labute approximate surface area is 102 Å². The van der Waals surface area contributed by atoms with E-state index in [0.717, 1.165) is 0 Å². The van der Waals surface area contributed by atoms with E-state index in [-0.39, 0.29) is 0 Å². The molecule has 0 aliphatic rings. The van der Waals surface area contributed by atoms with Crippen LogP contribution in [0.25, 0.3) is 0 Å². The van der Waals surface area contributed by atoms with Crippen molar-refractivity contribution in [2.45, 2.75) is 39.8 Å². The molecule has 7 heteroatoms. The fourth-order valence-electron chi connectivity index (χ4n) is 1.29. The average Bonchev–Trinajstić information content (AvgIpc) is 1.82. The van der Waals surface area contributed by atoms with Crippen LogP contribution in [0.1, 0.15) is 27.7 Å². The minimum Gasteiger partial charge on any atom is -0.309 e. The maximum Gasteiger partial charge on any atom is 0.354 e. The predicted octanol–water partition coefficient (Wildman–Crippen LogP) is 3.30. The van der Waals surface area contributed by atoms with Crippen LogP contribution >= 0.6 is 44.3 Å². The van der Waals surface area contributed by atoms with Crippen LogP contribution in [-0.4, -0.2) is 30.0 Å². The second-order valence-electron chi connectivity index (χ2n) is 3.51. The molecule has 0 rings (SSSR count). The van der Waals surface area contributed by atoms with E-state index in [4.69, 9.17) is 44.3 Å². The summed E-state index contributed by atoms with van der Waals surface area (Å²) in [6, 6.07) is 0.689. The quantitative estimate of drug-likeness (QED) is 0.569. The lowest BCUT2D eigenvalue weighted by Crippen LogP contribution is -2.54. The summed E-state index contributed by atoms with van der Waals surface area (Å²) in [6.07, 6.45) is 0. The van der Waals surface area contributed by atoms with Gasteiger partial charge in [-0.1, -0.05) is 27.7 Å². The van der Waals surface area contributed by atoms with Gasteiger partial charge in [0.05, 0.1) is 0 Å². The van der Waals surface area contributed by atoms with Crippen molar-refractivity contribution in [1.29, 1.82) is 0 Å². The molecule has 0 radical (unpaired) electrons. The minimum absolute atomic E-state index is 0.345. The molecule has 0 aliphatic carbocycles. The van der Waals surface area contributed by atoms with E-state index in [2.05, 4.69) is 32.3 Å². The van der Waals surface area contributed by atoms with Gasteiger partial charge in [-0.15, -0.1) is 44.3 Å². The van der Waals surface area contributed by atoms with Crippen molar-refractivity contribution in [3.05, 3.63) is 0 Å². The molecular weight excluding hydrogens is 284 g/mol. The summed E-state index contributed by atoms with van der Waals surface area (Å²) in [5.41, 5.74) is -2.70. The summed E-state index contributed by atoms with van der Waals surface area (Å²) in [5.74, 6) is 0. The Morgan fingerprint density at radius 2 is 1.31 bits per heavy atom. The van der Waals surface area contributed by atoms with Gasteiger partial charge < -0.3 is 4.57 Å². The molecule has 1 atom stereocenters. The van der Waals surface area contributed by atoms with Gasteiger partial charge in [0.2, 0.25) is 0 Å². The minimum atomic E-state index is -2.70. The highest BCUT2D eigenvalue weighted by atomic mass is 35.9. The first-order valence-corrected chi connectivity index (χ1v) is 13.3. The van der Waals surface area contributed by atoms with Crippen LogP contribution in [0.4, 0.5) is 0 Å². The number of nitrogens with zero attached hydrogens (tertiary/aromatic N) is 1. The van der Waals surface area contributed by atoms with E-state index in [1.165, 1.54) is 0 Å². The van der Waals surface area contributed by atoms with Crippen molar-refractivity contribution in [2.24, 2.45) is 0 Å². The molecule has 0 aromatic carbocycles. The predicted molar refractivity (Wildman–Crippen MR) is 68.4 cm³/mol. The Morgan fingerprint density at radius 3 is 1.38 bits per heavy atom. The molecule has 0 heterocycles. The lowest BCUT2D eigenvalue weighted by atomic mass is 10.3. The first kappa shape index (κ1) is 14.6. The maximum atomic E-state index is 6.24. The molecule has 0 aromatic heterocycles. The first-order valence-electron chi connectivity index (χ1n) is 4.16. The lowest BCUT2D eigenvalue weighted by molar-refractivity contribution is 0.314. The van der Waals surface area contributed by atoms with Crippen molar-refractivity contribution in [3.63, 3.8) is 0 Å². The van der Waals surface area contributed by atoms with E-state index in [0.29, 0.717) is 12.1 Å². The third-order valence-electron chi connectivity index (χ3n) is 1.72. The zero-order chi connectivity index (χ0) is 10.8. The smallest absolute Gasteiger partial charge is 0.309 e. The van der Waals surface area contributed by atoms with Gasteiger partial charge in [-0.25, -0.2) is 0 Å². The molecule has 0 spiro atoms. The van der Waals surface area contributed by atoms with Gasteiger partial charge >= 0.3 is 5.52 Å². The molecule has 0 aliphatic heterocycles. The second-order valence-corrected chi connectivity index (χ2v) is 22.8. The number of hydrogen-bond donors (Lipinski definition) is 0. The first-order chi connectivity index (χ1) is 5.68. The molecule has 1 nitrogen and oxygen atoms in total. The molecule has 1 unspecified atom stereocenters. The number of hydrogen-bond acceptors (Lipinski definition) is 1. The largest absolute Gasteiger partial charge is 0.354 e. The van der Waals surface area contributed by atoms with Crippen molar-refractivity contribution in [2.75, 3.05) is 0 Å². The molecule has 0 saturated carbocycles. The van der Waals surface area contributed by atoms with Gasteiger partial charge in [-0.05, 0) is 12.1 Å². The van der Waals surface area contributed by atoms with Crippen molar-refractivity contribution >= 4 is 57.6 Å². The average molecular weight is 299 g/mol. The zero-order valence-corrected chi connectivity index (χ0v) is 13.4. The fourth-order valence-corrected chi connectivity index (χ4v) is 9.87. The molecule has 13 heavy (non-hydrogen) atoms. The number of rotatable bonds is 4. The van der Waals surface area contributed by atoms with Crippen molar-refractivity contribution in [1.82, 2.24) is 4.57 Å². The molecule has 0 N–H and O–H groups in total. The van der Waals surface area contributed by atoms with Crippen LogP contribution in [0.3, 0.4) is 0 Å². The Morgan fingerprint density at radius 1 is 1.00 bits per heavy atom. The molecule has 0 amide bonds. The van der Waals surface area contributed by atoms with Crippen LogP contribution < -0.4 is 0 Å². The van der Waals surface area contributed by atoms with Crippen molar-refractivity contribution < 1.29 is 0 Å². The van der Waals surface area contributed by atoms with Crippen LogP contribution in [-0.2, 0) is 0 Å². The Balaban J connectivity index is 4.56. The Hall–Kier alpha value is 1.55. The Bertz CT molecular complexity index is 151. The molecule has 0 bridgehead atoms. The second kappa shape index (κ2) is 5.59. The highest BCUT2D eigenvalue weighted by Crippen LogP contribution is 2.29. The fraction of sp³-hybridized carbons (Fsp3) is 1.00. The van der Waals surface area contributed by atoms with E-state index in [1.54, 1.807) is 0 Å². The molecular formula is C6H15Cl4NSi2. The summed E-state index contributed by atoms with van der Waals surface area (Å²) >= 11 is 24.0. The van der Waals surface area contributed by atoms with Crippen LogP contribution in [0.2, 0.25) is 0 Å². The Kier molecular flexibility index (Phi) is 6.25. The third kappa shape index (κ3) is 4.73. The van der Waals surface area contributed by atoms with Gasteiger partial charge in [0.15, 0.2) is 0 Å². The van der Waals surface area contributed by atoms with E-state index in [9.17, 15) is 0 Å². The summed E-state index contributed by atoms with van der Waals surface area (Å²) in [6.45, 7) is 8.31. The standard InChI is InChI=1S/C6H15Cl4NSi2/c1-5(2)11(6(3)4)12(7)13(8,9)10/h5-6,12H,1-4H3. The normalized spacial score (nSPS) is 15.9. The maximum absolute atomic E-state index is 6.24. The highest BCUT2D eigenvalue weighted by Gasteiger charge is 2.43. The van der Waals surface area contributed by atoms with Crippen molar-refractivity contribution in [3.8, 4) is 0 Å². The molecule has 80 valence electrons. The number of halogens is 4. The van der Waals surface area contributed by atoms with Crippen LogP contribution in [0.5, 0.6) is 0 Å². The van der Waals surface area contributed by atoms with Crippen LogP contribution in [0.15, 0.2) is 0 Å². The van der Waals surface area contributed by atoms with E-state index >= 15 is 0 Å². The van der Waals surface area contributed by atoms with Gasteiger partial charge in [0, 0.05) is 0 Å². The summed E-state index contributed by atoms with van der Waals surface area (Å²) in [5, 5.41) is 0. The summed E-state index contributed by atoms with van der Waals surface area (Å²) in [7, 11) is -1.88. The molecule has 0 saturated heterocycles. The third-order valence-corrected chi connectivity index (χ3v) is 18.7. The van der Waals surface area contributed by atoms with Crippen LogP contribution in [0, 0.1) is 0 Å².